The summed E-state index contributed by atoms with van der Waals surface area (Å²) in [5, 5.41) is 11.2. The van der Waals surface area contributed by atoms with Crippen molar-refractivity contribution in [2.24, 2.45) is 0 Å². The summed E-state index contributed by atoms with van der Waals surface area (Å²) < 4.78 is 0. The third-order valence-electron chi connectivity index (χ3n) is 4.18. The molecule has 0 atom stereocenters. The van der Waals surface area contributed by atoms with Gasteiger partial charge < -0.3 is 15.7 Å². The second-order valence-corrected chi connectivity index (χ2v) is 5.60. The third kappa shape index (κ3) is 2.80. The molecule has 0 aliphatic carbocycles. The molecular formula is C16H22N4O. The standard InChI is InChI=1S/C16H22N4O/c1-12-10-13-14(11-18-12)15(17)2-3-16(13)20-6-4-19(5-7-20)8-9-21/h2-3,10-11,21H,4-9,17H2,1H3. The maximum atomic E-state index is 9.03. The van der Waals surface area contributed by atoms with Crippen LogP contribution >= 0.6 is 0 Å². The highest BCUT2D eigenvalue weighted by atomic mass is 16.3. The van der Waals surface area contributed by atoms with Gasteiger partial charge in [-0.05, 0) is 25.1 Å². The number of piperazine rings is 1. The van der Waals surface area contributed by atoms with E-state index in [4.69, 9.17) is 10.8 Å². The third-order valence-corrected chi connectivity index (χ3v) is 4.18. The summed E-state index contributed by atoms with van der Waals surface area (Å²) in [6.07, 6.45) is 1.87. The average Bonchev–Trinajstić information content (AvgIpc) is 2.49. The van der Waals surface area contributed by atoms with Gasteiger partial charge in [0.05, 0.1) is 6.61 Å². The Morgan fingerprint density at radius 1 is 1.19 bits per heavy atom. The molecule has 0 bridgehead atoms. The van der Waals surface area contributed by atoms with Crippen molar-refractivity contribution in [1.82, 2.24) is 9.88 Å². The molecule has 0 amide bonds. The van der Waals surface area contributed by atoms with E-state index < -0.39 is 0 Å². The first-order valence-electron chi connectivity index (χ1n) is 7.42. The molecule has 0 radical (unpaired) electrons. The molecule has 5 heteroatoms. The second kappa shape index (κ2) is 5.87. The van der Waals surface area contributed by atoms with E-state index in [0.29, 0.717) is 0 Å². The molecule has 1 fully saturated rings. The fourth-order valence-corrected chi connectivity index (χ4v) is 2.98. The highest BCUT2D eigenvalue weighted by Crippen LogP contribution is 2.31. The number of nitrogen functional groups attached to an aromatic ring is 1. The van der Waals surface area contributed by atoms with Gasteiger partial charge in [0.25, 0.3) is 0 Å². The zero-order valence-corrected chi connectivity index (χ0v) is 12.4. The molecule has 0 unspecified atom stereocenters. The van der Waals surface area contributed by atoms with Crippen molar-refractivity contribution in [2.45, 2.75) is 6.92 Å². The van der Waals surface area contributed by atoms with E-state index in [9.17, 15) is 0 Å². The molecule has 2 aromatic rings. The molecule has 5 nitrogen and oxygen atoms in total. The Hall–Kier alpha value is -1.85. The van der Waals surface area contributed by atoms with E-state index in [1.54, 1.807) is 0 Å². The van der Waals surface area contributed by atoms with E-state index >= 15 is 0 Å². The van der Waals surface area contributed by atoms with Crippen molar-refractivity contribution in [2.75, 3.05) is 50.0 Å². The lowest BCUT2D eigenvalue weighted by atomic mass is 10.1. The number of nitrogens with two attached hydrogens (primary N) is 1. The van der Waals surface area contributed by atoms with Gasteiger partial charge in [0.1, 0.15) is 0 Å². The fourth-order valence-electron chi connectivity index (χ4n) is 2.98. The number of aliphatic hydroxyl groups excluding tert-OH is 1. The molecule has 2 heterocycles. The lowest BCUT2D eigenvalue weighted by Crippen LogP contribution is -2.47. The minimum atomic E-state index is 0.232. The SMILES string of the molecule is Cc1cc2c(N3CCN(CCO)CC3)ccc(N)c2cn1. The van der Waals surface area contributed by atoms with E-state index in [-0.39, 0.29) is 6.61 Å². The minimum absolute atomic E-state index is 0.232. The number of nitrogens with zero attached hydrogens (tertiary/aromatic N) is 3. The summed E-state index contributed by atoms with van der Waals surface area (Å²) in [7, 11) is 0. The van der Waals surface area contributed by atoms with E-state index in [0.717, 1.165) is 49.5 Å². The predicted molar refractivity (Wildman–Crippen MR) is 86.6 cm³/mol. The fraction of sp³-hybridized carbons (Fsp3) is 0.438. The quantitative estimate of drug-likeness (QED) is 0.831. The number of fused-ring (bicyclic) bond motifs is 1. The number of anilines is 2. The smallest absolute Gasteiger partial charge is 0.0558 e. The van der Waals surface area contributed by atoms with Crippen LogP contribution in [-0.2, 0) is 0 Å². The number of benzene rings is 1. The molecule has 1 saturated heterocycles. The second-order valence-electron chi connectivity index (χ2n) is 5.60. The Labute approximate surface area is 125 Å². The lowest BCUT2D eigenvalue weighted by Gasteiger charge is -2.36. The van der Waals surface area contributed by atoms with Gasteiger partial charge in [0.2, 0.25) is 0 Å². The summed E-state index contributed by atoms with van der Waals surface area (Å²) in [4.78, 5) is 9.05. The van der Waals surface area contributed by atoms with E-state index in [2.05, 4.69) is 26.9 Å². The van der Waals surface area contributed by atoms with Crippen LogP contribution in [0.4, 0.5) is 11.4 Å². The summed E-state index contributed by atoms with van der Waals surface area (Å²) in [6, 6.07) is 6.19. The van der Waals surface area contributed by atoms with Crippen LogP contribution in [0.25, 0.3) is 10.8 Å². The lowest BCUT2D eigenvalue weighted by molar-refractivity contribution is 0.189. The molecule has 3 rings (SSSR count). The highest BCUT2D eigenvalue weighted by Gasteiger charge is 2.18. The average molecular weight is 286 g/mol. The van der Waals surface area contributed by atoms with Gasteiger partial charge in [-0.2, -0.15) is 0 Å². The van der Waals surface area contributed by atoms with Crippen LogP contribution in [0.15, 0.2) is 24.4 Å². The summed E-state index contributed by atoms with van der Waals surface area (Å²) in [5.74, 6) is 0. The van der Waals surface area contributed by atoms with Gasteiger partial charge in [0, 0.05) is 66.8 Å². The number of aliphatic hydroxyl groups is 1. The molecule has 21 heavy (non-hydrogen) atoms. The zero-order valence-electron chi connectivity index (χ0n) is 12.4. The van der Waals surface area contributed by atoms with Gasteiger partial charge in [-0.1, -0.05) is 0 Å². The number of β-amino-alcohol motifs (C(OH)–C–C–N with tert-alkyl or cyclic N) is 1. The molecule has 1 aliphatic heterocycles. The van der Waals surface area contributed by atoms with Crippen LogP contribution in [0, 0.1) is 6.92 Å². The molecule has 0 spiro atoms. The number of hydrogen-bond donors (Lipinski definition) is 2. The van der Waals surface area contributed by atoms with Crippen LogP contribution in [0.1, 0.15) is 5.69 Å². The Bertz CT molecular complexity index is 635. The first-order valence-corrected chi connectivity index (χ1v) is 7.42. The Morgan fingerprint density at radius 3 is 2.67 bits per heavy atom. The normalized spacial score (nSPS) is 16.6. The number of aryl methyl sites for hydroxylation is 1. The van der Waals surface area contributed by atoms with Crippen molar-refractivity contribution in [3.8, 4) is 0 Å². The van der Waals surface area contributed by atoms with Crippen LogP contribution in [-0.4, -0.2) is 54.3 Å². The largest absolute Gasteiger partial charge is 0.398 e. The first-order chi connectivity index (χ1) is 10.2. The molecule has 1 aromatic carbocycles. The molecule has 0 saturated carbocycles. The number of rotatable bonds is 3. The molecule has 112 valence electrons. The van der Waals surface area contributed by atoms with Crippen molar-refractivity contribution in [3.63, 3.8) is 0 Å². The molecule has 1 aromatic heterocycles. The van der Waals surface area contributed by atoms with Gasteiger partial charge >= 0.3 is 0 Å². The first kappa shape index (κ1) is 14.1. The van der Waals surface area contributed by atoms with E-state index in [1.807, 2.05) is 19.2 Å². The van der Waals surface area contributed by atoms with Gasteiger partial charge in [-0.25, -0.2) is 0 Å². The van der Waals surface area contributed by atoms with Crippen molar-refractivity contribution in [3.05, 3.63) is 30.1 Å². The van der Waals surface area contributed by atoms with Crippen LogP contribution in [0.5, 0.6) is 0 Å². The number of hydrogen-bond acceptors (Lipinski definition) is 5. The number of pyridine rings is 1. The molecule has 3 N–H and O–H groups in total. The predicted octanol–water partition coefficient (Wildman–Crippen LogP) is 1.24. The van der Waals surface area contributed by atoms with Crippen molar-refractivity contribution < 1.29 is 5.11 Å². The van der Waals surface area contributed by atoms with Crippen molar-refractivity contribution in [1.29, 1.82) is 0 Å². The van der Waals surface area contributed by atoms with Gasteiger partial charge in [-0.3, -0.25) is 9.88 Å². The summed E-state index contributed by atoms with van der Waals surface area (Å²) in [6.45, 7) is 6.91. The number of aromatic nitrogens is 1. The van der Waals surface area contributed by atoms with Gasteiger partial charge in [-0.15, -0.1) is 0 Å². The maximum Gasteiger partial charge on any atom is 0.0558 e. The van der Waals surface area contributed by atoms with Crippen molar-refractivity contribution >= 4 is 22.1 Å². The molecule has 1 aliphatic rings. The van der Waals surface area contributed by atoms with Crippen LogP contribution in [0.3, 0.4) is 0 Å². The summed E-state index contributed by atoms with van der Waals surface area (Å²) in [5.41, 5.74) is 9.09. The van der Waals surface area contributed by atoms with E-state index in [1.165, 1.54) is 11.1 Å². The topological polar surface area (TPSA) is 65.6 Å². The van der Waals surface area contributed by atoms with Crippen LogP contribution in [0.2, 0.25) is 0 Å². The molecular weight excluding hydrogens is 264 g/mol. The van der Waals surface area contributed by atoms with Gasteiger partial charge in [0.15, 0.2) is 0 Å². The highest BCUT2D eigenvalue weighted by molar-refractivity contribution is 6.01. The Balaban J connectivity index is 1.91. The summed E-state index contributed by atoms with van der Waals surface area (Å²) >= 11 is 0. The van der Waals surface area contributed by atoms with Crippen LogP contribution < -0.4 is 10.6 Å². The maximum absolute atomic E-state index is 9.03. The monoisotopic (exact) mass is 286 g/mol. The minimum Gasteiger partial charge on any atom is -0.398 e. The Morgan fingerprint density at radius 2 is 1.95 bits per heavy atom. The Kier molecular flexibility index (Phi) is 3.94. The zero-order chi connectivity index (χ0) is 14.8.